The van der Waals surface area contributed by atoms with E-state index >= 15 is 0 Å². The molecule has 1 saturated heterocycles. The molecule has 2 N–H and O–H groups in total. The molecule has 0 aliphatic carbocycles. The van der Waals surface area contributed by atoms with Gasteiger partial charge < -0.3 is 15.0 Å². The number of aliphatic hydroxyl groups excluding tert-OH is 1. The van der Waals surface area contributed by atoms with E-state index < -0.39 is 6.10 Å². The highest BCUT2D eigenvalue weighted by Gasteiger charge is 2.24. The second-order valence-electron chi connectivity index (χ2n) is 7.31. The highest BCUT2D eigenvalue weighted by atomic mass is 16.3. The molecule has 0 spiro atoms. The number of aromatic nitrogens is 2. The van der Waals surface area contributed by atoms with Crippen LogP contribution in [0.5, 0.6) is 0 Å². The lowest BCUT2D eigenvalue weighted by Gasteiger charge is -2.12. The number of rotatable bonds is 3. The molecule has 3 aromatic rings. The summed E-state index contributed by atoms with van der Waals surface area (Å²) >= 11 is 0. The zero-order chi connectivity index (χ0) is 18.4. The molecular formula is C21H23N3O2. The van der Waals surface area contributed by atoms with Crippen molar-refractivity contribution < 1.29 is 9.90 Å². The standard InChI is InChI=1S/C21H23N3O2/c1-12-4-14(17-8-20(26)22-10-17)6-15(5-12)19-11-24(3)21-18(19)7-16(9-23-21)13(2)25/h4-7,9,11,13,17,25H,8,10H2,1-3H3,(H,22,26)/t13?,17-/m1/s1. The third-order valence-corrected chi connectivity index (χ3v) is 5.18. The van der Waals surface area contributed by atoms with E-state index in [9.17, 15) is 9.90 Å². The monoisotopic (exact) mass is 349 g/mol. The van der Waals surface area contributed by atoms with Crippen molar-refractivity contribution in [1.82, 2.24) is 14.9 Å². The fourth-order valence-corrected chi connectivity index (χ4v) is 3.78. The van der Waals surface area contributed by atoms with Crippen molar-refractivity contribution in [2.24, 2.45) is 7.05 Å². The number of benzene rings is 1. The summed E-state index contributed by atoms with van der Waals surface area (Å²) in [5.41, 5.74) is 6.28. The Bertz CT molecular complexity index is 1000. The summed E-state index contributed by atoms with van der Waals surface area (Å²) in [6.07, 6.45) is 3.81. The van der Waals surface area contributed by atoms with Crippen LogP contribution in [0.4, 0.5) is 0 Å². The van der Waals surface area contributed by atoms with Crippen LogP contribution >= 0.6 is 0 Å². The van der Waals surface area contributed by atoms with Crippen LogP contribution in [0.1, 0.15) is 42.1 Å². The summed E-state index contributed by atoms with van der Waals surface area (Å²) in [5, 5.41) is 13.9. The first-order valence-corrected chi connectivity index (χ1v) is 8.94. The van der Waals surface area contributed by atoms with E-state index in [0.717, 1.165) is 27.7 Å². The van der Waals surface area contributed by atoms with Crippen molar-refractivity contribution in [3.05, 3.63) is 53.3 Å². The number of amides is 1. The lowest BCUT2D eigenvalue weighted by Crippen LogP contribution is -2.13. The molecule has 0 saturated carbocycles. The number of fused-ring (bicyclic) bond motifs is 1. The summed E-state index contributed by atoms with van der Waals surface area (Å²) in [7, 11) is 1.98. The summed E-state index contributed by atoms with van der Waals surface area (Å²) in [6, 6.07) is 8.53. The Labute approximate surface area is 152 Å². The minimum absolute atomic E-state index is 0.119. The minimum Gasteiger partial charge on any atom is -0.389 e. The average molecular weight is 349 g/mol. The van der Waals surface area contributed by atoms with Crippen molar-refractivity contribution in [2.45, 2.75) is 32.3 Å². The van der Waals surface area contributed by atoms with Crippen LogP contribution in [-0.2, 0) is 11.8 Å². The van der Waals surface area contributed by atoms with Crippen LogP contribution in [-0.4, -0.2) is 27.1 Å². The Morgan fingerprint density at radius 3 is 2.81 bits per heavy atom. The number of aryl methyl sites for hydroxylation is 2. The van der Waals surface area contributed by atoms with Gasteiger partial charge in [0.15, 0.2) is 0 Å². The second kappa shape index (κ2) is 6.25. The molecule has 4 rings (SSSR count). The van der Waals surface area contributed by atoms with E-state index in [4.69, 9.17) is 0 Å². The highest BCUT2D eigenvalue weighted by Crippen LogP contribution is 2.34. The third-order valence-electron chi connectivity index (χ3n) is 5.18. The molecular weight excluding hydrogens is 326 g/mol. The molecule has 134 valence electrons. The van der Waals surface area contributed by atoms with Gasteiger partial charge in [-0.1, -0.05) is 23.8 Å². The molecule has 2 atom stereocenters. The van der Waals surface area contributed by atoms with Gasteiger partial charge in [-0.15, -0.1) is 0 Å². The van der Waals surface area contributed by atoms with E-state index in [-0.39, 0.29) is 11.8 Å². The molecule has 1 unspecified atom stereocenters. The first kappa shape index (κ1) is 16.8. The molecule has 1 aromatic carbocycles. The molecule has 2 aromatic heterocycles. The number of nitrogens with zero attached hydrogens (tertiary/aromatic N) is 2. The first-order valence-electron chi connectivity index (χ1n) is 8.94. The SMILES string of the molecule is Cc1cc(-c2cn(C)c3ncc(C(C)O)cc23)cc([C@H]2CNC(=O)C2)c1. The van der Waals surface area contributed by atoms with Crippen molar-refractivity contribution in [1.29, 1.82) is 0 Å². The van der Waals surface area contributed by atoms with Gasteiger partial charge in [-0.05, 0) is 36.6 Å². The van der Waals surface area contributed by atoms with E-state index in [0.29, 0.717) is 13.0 Å². The molecule has 1 amide bonds. The van der Waals surface area contributed by atoms with E-state index in [2.05, 4.69) is 41.6 Å². The van der Waals surface area contributed by atoms with Gasteiger partial charge in [-0.3, -0.25) is 4.79 Å². The quantitative estimate of drug-likeness (QED) is 0.763. The van der Waals surface area contributed by atoms with E-state index in [1.165, 1.54) is 11.1 Å². The number of carbonyl (C=O) groups is 1. The topological polar surface area (TPSA) is 67.2 Å². The summed E-state index contributed by atoms with van der Waals surface area (Å²) < 4.78 is 2.01. The number of pyridine rings is 1. The zero-order valence-corrected chi connectivity index (χ0v) is 15.3. The Balaban J connectivity index is 1.86. The maximum atomic E-state index is 11.6. The van der Waals surface area contributed by atoms with E-state index in [1.54, 1.807) is 13.1 Å². The number of hydrogen-bond donors (Lipinski definition) is 2. The normalized spacial score (nSPS) is 18.3. The molecule has 0 bridgehead atoms. The molecule has 1 aliphatic heterocycles. The Hall–Kier alpha value is -2.66. The number of aliphatic hydroxyl groups is 1. The van der Waals surface area contributed by atoms with Crippen LogP contribution < -0.4 is 5.32 Å². The maximum absolute atomic E-state index is 11.6. The number of carbonyl (C=O) groups excluding carboxylic acids is 1. The summed E-state index contributed by atoms with van der Waals surface area (Å²) in [5.74, 6) is 0.344. The van der Waals surface area contributed by atoms with Gasteiger partial charge >= 0.3 is 0 Å². The summed E-state index contributed by atoms with van der Waals surface area (Å²) in [6.45, 7) is 4.53. The smallest absolute Gasteiger partial charge is 0.220 e. The van der Waals surface area contributed by atoms with Crippen molar-refractivity contribution in [2.75, 3.05) is 6.54 Å². The minimum atomic E-state index is -0.552. The van der Waals surface area contributed by atoms with Gasteiger partial charge in [0, 0.05) is 49.3 Å². The van der Waals surface area contributed by atoms with Gasteiger partial charge in [-0.25, -0.2) is 4.98 Å². The average Bonchev–Trinajstić information content (AvgIpc) is 3.18. The Morgan fingerprint density at radius 2 is 2.12 bits per heavy atom. The molecule has 26 heavy (non-hydrogen) atoms. The number of nitrogens with one attached hydrogen (secondary N) is 1. The molecule has 1 fully saturated rings. The molecule has 5 nitrogen and oxygen atoms in total. The van der Waals surface area contributed by atoms with Crippen LogP contribution in [0, 0.1) is 6.92 Å². The van der Waals surface area contributed by atoms with Crippen LogP contribution in [0.3, 0.4) is 0 Å². The Morgan fingerprint density at radius 1 is 1.31 bits per heavy atom. The second-order valence-corrected chi connectivity index (χ2v) is 7.31. The maximum Gasteiger partial charge on any atom is 0.220 e. The fourth-order valence-electron chi connectivity index (χ4n) is 3.78. The first-order chi connectivity index (χ1) is 12.4. The van der Waals surface area contributed by atoms with Crippen LogP contribution in [0.25, 0.3) is 22.2 Å². The van der Waals surface area contributed by atoms with E-state index in [1.807, 2.05) is 17.7 Å². The van der Waals surface area contributed by atoms with Gasteiger partial charge in [0.05, 0.1) is 6.10 Å². The Kier molecular flexibility index (Phi) is 4.04. The molecule has 0 radical (unpaired) electrons. The van der Waals surface area contributed by atoms with Crippen molar-refractivity contribution in [3.63, 3.8) is 0 Å². The lowest BCUT2D eigenvalue weighted by atomic mass is 9.92. The van der Waals surface area contributed by atoms with Crippen molar-refractivity contribution >= 4 is 16.9 Å². The zero-order valence-electron chi connectivity index (χ0n) is 15.3. The molecule has 5 heteroatoms. The highest BCUT2D eigenvalue weighted by molar-refractivity contribution is 5.94. The predicted octanol–water partition coefficient (Wildman–Crippen LogP) is 3.21. The lowest BCUT2D eigenvalue weighted by molar-refractivity contribution is -0.119. The van der Waals surface area contributed by atoms with Gasteiger partial charge in [0.25, 0.3) is 0 Å². The van der Waals surface area contributed by atoms with Crippen LogP contribution in [0.2, 0.25) is 0 Å². The van der Waals surface area contributed by atoms with Gasteiger partial charge in [0.1, 0.15) is 5.65 Å². The van der Waals surface area contributed by atoms with Gasteiger partial charge in [-0.2, -0.15) is 0 Å². The molecule has 3 heterocycles. The van der Waals surface area contributed by atoms with Crippen molar-refractivity contribution in [3.8, 4) is 11.1 Å². The third kappa shape index (κ3) is 2.88. The predicted molar refractivity (Wildman–Crippen MR) is 102 cm³/mol. The van der Waals surface area contributed by atoms with Crippen LogP contribution in [0.15, 0.2) is 36.7 Å². The fraction of sp³-hybridized carbons (Fsp3) is 0.333. The number of hydrogen-bond acceptors (Lipinski definition) is 3. The van der Waals surface area contributed by atoms with Gasteiger partial charge in [0.2, 0.25) is 5.91 Å². The molecule has 1 aliphatic rings. The largest absolute Gasteiger partial charge is 0.389 e. The summed E-state index contributed by atoms with van der Waals surface area (Å²) in [4.78, 5) is 16.1.